The maximum absolute atomic E-state index is 12.1. The van der Waals surface area contributed by atoms with Crippen molar-refractivity contribution in [1.29, 1.82) is 0 Å². The van der Waals surface area contributed by atoms with Gasteiger partial charge in [-0.05, 0) is 42.9 Å². The fraction of sp³-hybridized carbons (Fsp3) is 0.941. The van der Waals surface area contributed by atoms with E-state index in [1.54, 1.807) is 0 Å². The van der Waals surface area contributed by atoms with Gasteiger partial charge in [0.05, 0.1) is 0 Å². The molecular formula is C17H30O. The molecular weight excluding hydrogens is 220 g/mol. The molecule has 0 spiro atoms. The maximum atomic E-state index is 12.1. The fourth-order valence-electron chi connectivity index (χ4n) is 4.82. The molecule has 2 aliphatic rings. The van der Waals surface area contributed by atoms with E-state index < -0.39 is 0 Å². The van der Waals surface area contributed by atoms with Gasteiger partial charge in [-0.15, -0.1) is 0 Å². The molecule has 0 aliphatic heterocycles. The molecule has 0 aromatic carbocycles. The largest absolute Gasteiger partial charge is 0.299 e. The van der Waals surface area contributed by atoms with Crippen molar-refractivity contribution in [3.05, 3.63) is 0 Å². The molecule has 2 aliphatic carbocycles. The molecule has 2 fully saturated rings. The van der Waals surface area contributed by atoms with Crippen molar-refractivity contribution in [3.8, 4) is 0 Å². The molecule has 0 aromatic heterocycles. The van der Waals surface area contributed by atoms with Gasteiger partial charge in [0.2, 0.25) is 0 Å². The van der Waals surface area contributed by atoms with Gasteiger partial charge in [0, 0.05) is 12.3 Å². The van der Waals surface area contributed by atoms with E-state index in [-0.39, 0.29) is 0 Å². The molecule has 0 heterocycles. The summed E-state index contributed by atoms with van der Waals surface area (Å²) >= 11 is 0. The topological polar surface area (TPSA) is 17.1 Å². The van der Waals surface area contributed by atoms with E-state index in [4.69, 9.17) is 0 Å². The Morgan fingerprint density at radius 1 is 1.33 bits per heavy atom. The first-order valence-electron chi connectivity index (χ1n) is 8.12. The number of ketones is 1. The molecule has 1 heteroatoms. The second kappa shape index (κ2) is 5.75. The van der Waals surface area contributed by atoms with E-state index in [0.29, 0.717) is 17.1 Å². The van der Waals surface area contributed by atoms with Crippen LogP contribution in [-0.4, -0.2) is 5.78 Å². The number of rotatable bonds is 5. The van der Waals surface area contributed by atoms with Crippen molar-refractivity contribution < 1.29 is 4.79 Å². The molecule has 1 nitrogen and oxygen atoms in total. The first-order chi connectivity index (χ1) is 8.59. The zero-order chi connectivity index (χ0) is 13.2. The van der Waals surface area contributed by atoms with Gasteiger partial charge in [-0.25, -0.2) is 0 Å². The number of unbranched alkanes of at least 4 members (excludes halogenated alkanes) is 2. The van der Waals surface area contributed by atoms with Crippen molar-refractivity contribution in [1.82, 2.24) is 0 Å². The van der Waals surface area contributed by atoms with Gasteiger partial charge in [0.25, 0.3) is 0 Å². The summed E-state index contributed by atoms with van der Waals surface area (Å²) < 4.78 is 0. The Labute approximate surface area is 113 Å². The van der Waals surface area contributed by atoms with E-state index in [9.17, 15) is 4.79 Å². The van der Waals surface area contributed by atoms with E-state index in [1.807, 2.05) is 0 Å². The van der Waals surface area contributed by atoms with Gasteiger partial charge >= 0.3 is 0 Å². The van der Waals surface area contributed by atoms with E-state index in [2.05, 4.69) is 20.8 Å². The minimum Gasteiger partial charge on any atom is -0.299 e. The van der Waals surface area contributed by atoms with E-state index in [0.717, 1.165) is 24.7 Å². The number of carbonyl (C=O) groups is 1. The van der Waals surface area contributed by atoms with Crippen LogP contribution in [0.15, 0.2) is 0 Å². The summed E-state index contributed by atoms with van der Waals surface area (Å²) in [5.74, 6) is 2.61. The molecule has 0 unspecified atom stereocenters. The lowest BCUT2D eigenvalue weighted by Gasteiger charge is -2.42. The van der Waals surface area contributed by atoms with Gasteiger partial charge in [0.1, 0.15) is 5.78 Å². The minimum atomic E-state index is 0.348. The highest BCUT2D eigenvalue weighted by molar-refractivity contribution is 5.83. The average Bonchev–Trinajstić information content (AvgIpc) is 2.68. The van der Waals surface area contributed by atoms with Crippen LogP contribution in [0.25, 0.3) is 0 Å². The monoisotopic (exact) mass is 250 g/mol. The van der Waals surface area contributed by atoms with Crippen LogP contribution in [0.2, 0.25) is 0 Å². The zero-order valence-electron chi connectivity index (χ0n) is 12.5. The predicted molar refractivity (Wildman–Crippen MR) is 76.5 cm³/mol. The van der Waals surface area contributed by atoms with Gasteiger partial charge in [-0.1, -0.05) is 46.5 Å². The lowest BCUT2D eigenvalue weighted by atomic mass is 9.62. The maximum Gasteiger partial charge on any atom is 0.136 e. The summed E-state index contributed by atoms with van der Waals surface area (Å²) in [5, 5.41) is 0. The number of carbonyl (C=O) groups excluding carboxylic acids is 1. The highest BCUT2D eigenvalue weighted by Crippen LogP contribution is 2.57. The van der Waals surface area contributed by atoms with Crippen LogP contribution in [0, 0.1) is 23.2 Å². The van der Waals surface area contributed by atoms with Crippen molar-refractivity contribution in [3.63, 3.8) is 0 Å². The van der Waals surface area contributed by atoms with Crippen molar-refractivity contribution >= 4 is 5.78 Å². The van der Waals surface area contributed by atoms with Crippen molar-refractivity contribution in [2.24, 2.45) is 23.2 Å². The standard InChI is InChI=1S/C17H30O/c1-4-5-6-8-13(2)14-10-11-15-16(18)9-7-12-17(14,15)3/h13-15H,4-12H2,1-3H3/t13-,14+,15-,17+/m0/s1. The summed E-state index contributed by atoms with van der Waals surface area (Å²) in [4.78, 5) is 12.1. The third kappa shape index (κ3) is 2.51. The Morgan fingerprint density at radius 2 is 2.11 bits per heavy atom. The predicted octanol–water partition coefficient (Wildman–Crippen LogP) is 4.99. The third-order valence-corrected chi connectivity index (χ3v) is 5.89. The quantitative estimate of drug-likeness (QED) is 0.628. The molecule has 0 saturated heterocycles. The van der Waals surface area contributed by atoms with Crippen molar-refractivity contribution in [2.75, 3.05) is 0 Å². The first kappa shape index (κ1) is 14.1. The van der Waals surface area contributed by atoms with Crippen LogP contribution in [0.1, 0.15) is 78.6 Å². The number of hydrogen-bond acceptors (Lipinski definition) is 1. The molecule has 0 amide bonds. The Morgan fingerprint density at radius 3 is 2.83 bits per heavy atom. The van der Waals surface area contributed by atoms with Crippen LogP contribution < -0.4 is 0 Å². The highest BCUT2D eigenvalue weighted by Gasteiger charge is 2.52. The van der Waals surface area contributed by atoms with Gasteiger partial charge < -0.3 is 0 Å². The third-order valence-electron chi connectivity index (χ3n) is 5.89. The van der Waals surface area contributed by atoms with Gasteiger partial charge in [0.15, 0.2) is 0 Å². The molecule has 0 bridgehead atoms. The molecule has 18 heavy (non-hydrogen) atoms. The second-order valence-electron chi connectivity index (χ2n) is 7.04. The van der Waals surface area contributed by atoms with Crippen LogP contribution in [0.4, 0.5) is 0 Å². The number of fused-ring (bicyclic) bond motifs is 1. The average molecular weight is 250 g/mol. The Bertz CT molecular complexity index is 296. The minimum absolute atomic E-state index is 0.348. The first-order valence-corrected chi connectivity index (χ1v) is 8.12. The summed E-state index contributed by atoms with van der Waals surface area (Å²) in [6, 6.07) is 0. The second-order valence-corrected chi connectivity index (χ2v) is 7.04. The molecule has 0 aromatic rings. The lowest BCUT2D eigenvalue weighted by Crippen LogP contribution is -2.39. The molecule has 4 atom stereocenters. The van der Waals surface area contributed by atoms with Gasteiger partial charge in [-0.2, -0.15) is 0 Å². The molecule has 0 radical (unpaired) electrons. The molecule has 2 saturated carbocycles. The summed E-state index contributed by atoms with van der Waals surface area (Å²) in [6.07, 6.45) is 11.2. The molecule has 104 valence electrons. The SMILES string of the molecule is CCCCC[C@H](C)[C@H]1CC[C@H]2C(=O)CCC[C@]12C. The zero-order valence-corrected chi connectivity index (χ0v) is 12.5. The van der Waals surface area contributed by atoms with Gasteiger partial charge in [-0.3, -0.25) is 4.79 Å². The molecule has 0 N–H and O–H groups in total. The molecule has 2 rings (SSSR count). The van der Waals surface area contributed by atoms with Crippen LogP contribution in [-0.2, 0) is 4.79 Å². The summed E-state index contributed by atoms with van der Waals surface area (Å²) in [5.41, 5.74) is 0.348. The van der Waals surface area contributed by atoms with Crippen LogP contribution in [0.5, 0.6) is 0 Å². The summed E-state index contributed by atoms with van der Waals surface area (Å²) in [6.45, 7) is 7.13. The number of Topliss-reactive ketones (excluding diaryl/α,β-unsaturated/α-hetero) is 1. The smallest absolute Gasteiger partial charge is 0.136 e. The van der Waals surface area contributed by atoms with Crippen molar-refractivity contribution in [2.45, 2.75) is 78.6 Å². The van der Waals surface area contributed by atoms with E-state index >= 15 is 0 Å². The number of hydrogen-bond donors (Lipinski definition) is 0. The van der Waals surface area contributed by atoms with Crippen LogP contribution in [0.3, 0.4) is 0 Å². The Kier molecular flexibility index (Phi) is 4.50. The normalized spacial score (nSPS) is 37.6. The lowest BCUT2D eigenvalue weighted by molar-refractivity contribution is -0.130. The van der Waals surface area contributed by atoms with E-state index in [1.165, 1.54) is 44.9 Å². The Balaban J connectivity index is 1.99. The Hall–Kier alpha value is -0.330. The summed E-state index contributed by atoms with van der Waals surface area (Å²) in [7, 11) is 0. The van der Waals surface area contributed by atoms with Crippen LogP contribution >= 0.6 is 0 Å². The fourth-order valence-corrected chi connectivity index (χ4v) is 4.82. The highest BCUT2D eigenvalue weighted by atomic mass is 16.1.